The molecular formula is C24H47NO2. The molecular weight excluding hydrogens is 334 g/mol. The number of hydrogen-bond donors (Lipinski definition) is 2. The topological polar surface area (TPSA) is 63.3 Å². The summed E-state index contributed by atoms with van der Waals surface area (Å²) in [4.78, 5) is 11.8. The Bertz CT molecular complexity index is 352. The first-order valence-corrected chi connectivity index (χ1v) is 12.1. The molecule has 0 heterocycles. The summed E-state index contributed by atoms with van der Waals surface area (Å²) >= 11 is 0. The van der Waals surface area contributed by atoms with Gasteiger partial charge in [0.2, 0.25) is 5.91 Å². The lowest BCUT2D eigenvalue weighted by atomic mass is 9.77. The van der Waals surface area contributed by atoms with E-state index in [0.29, 0.717) is 5.92 Å². The van der Waals surface area contributed by atoms with E-state index in [1.807, 2.05) is 0 Å². The third kappa shape index (κ3) is 12.5. The van der Waals surface area contributed by atoms with Crippen LogP contribution in [-0.4, -0.2) is 17.1 Å². The summed E-state index contributed by atoms with van der Waals surface area (Å²) in [6.45, 7) is 2.23. The maximum atomic E-state index is 11.8. The quantitative estimate of drug-likeness (QED) is 0.282. The molecule has 3 heteroatoms. The molecule has 2 atom stereocenters. The van der Waals surface area contributed by atoms with E-state index in [0.717, 1.165) is 25.7 Å². The van der Waals surface area contributed by atoms with Gasteiger partial charge in [-0.25, -0.2) is 0 Å². The highest BCUT2D eigenvalue weighted by atomic mass is 16.3. The van der Waals surface area contributed by atoms with Crippen LogP contribution >= 0.6 is 0 Å². The molecule has 2 unspecified atom stereocenters. The summed E-state index contributed by atoms with van der Waals surface area (Å²) in [5.74, 6) is 0.629. The second-order valence-corrected chi connectivity index (χ2v) is 8.96. The van der Waals surface area contributed by atoms with Gasteiger partial charge in [-0.15, -0.1) is 0 Å². The molecule has 27 heavy (non-hydrogen) atoms. The number of amides is 1. The van der Waals surface area contributed by atoms with Crippen molar-refractivity contribution in [2.24, 2.45) is 17.6 Å². The minimum Gasteiger partial charge on any atom is -0.393 e. The maximum Gasteiger partial charge on any atom is 0.220 e. The monoisotopic (exact) mass is 381 g/mol. The van der Waals surface area contributed by atoms with E-state index >= 15 is 0 Å². The van der Waals surface area contributed by atoms with Crippen LogP contribution in [0.1, 0.15) is 129 Å². The Hall–Kier alpha value is -0.570. The summed E-state index contributed by atoms with van der Waals surface area (Å²) in [6.07, 6.45) is 22.9. The van der Waals surface area contributed by atoms with Crippen LogP contribution < -0.4 is 5.73 Å². The van der Waals surface area contributed by atoms with Crippen molar-refractivity contribution in [3.8, 4) is 0 Å². The highest BCUT2D eigenvalue weighted by Gasteiger charge is 2.27. The minimum absolute atomic E-state index is 0.0600. The zero-order valence-electron chi connectivity index (χ0n) is 18.1. The molecule has 1 aliphatic rings. The van der Waals surface area contributed by atoms with Crippen molar-refractivity contribution < 1.29 is 9.90 Å². The zero-order valence-corrected chi connectivity index (χ0v) is 18.1. The molecule has 160 valence electrons. The van der Waals surface area contributed by atoms with Crippen molar-refractivity contribution in [3.63, 3.8) is 0 Å². The van der Waals surface area contributed by atoms with Crippen LogP contribution in [0, 0.1) is 11.8 Å². The third-order valence-corrected chi connectivity index (χ3v) is 6.53. The molecule has 0 radical (unpaired) electrons. The van der Waals surface area contributed by atoms with E-state index in [2.05, 4.69) is 6.92 Å². The van der Waals surface area contributed by atoms with Gasteiger partial charge in [0.25, 0.3) is 0 Å². The third-order valence-electron chi connectivity index (χ3n) is 6.53. The fourth-order valence-corrected chi connectivity index (χ4v) is 4.73. The Balaban J connectivity index is 1.93. The van der Waals surface area contributed by atoms with Crippen molar-refractivity contribution >= 4 is 5.91 Å². The number of carbonyl (C=O) groups is 1. The van der Waals surface area contributed by atoms with Gasteiger partial charge in [0.05, 0.1) is 6.10 Å². The predicted octanol–water partition coefficient (Wildman–Crippen LogP) is 6.51. The van der Waals surface area contributed by atoms with Crippen LogP contribution in [0.5, 0.6) is 0 Å². The molecule has 1 rings (SSSR count). The second-order valence-electron chi connectivity index (χ2n) is 8.96. The first-order chi connectivity index (χ1) is 13.1. The Morgan fingerprint density at radius 2 is 1.30 bits per heavy atom. The Morgan fingerprint density at radius 1 is 0.815 bits per heavy atom. The average molecular weight is 382 g/mol. The molecule has 0 aromatic rings. The summed E-state index contributed by atoms with van der Waals surface area (Å²) in [5, 5.41) is 9.99. The summed E-state index contributed by atoms with van der Waals surface area (Å²) in [6, 6.07) is 0. The van der Waals surface area contributed by atoms with Gasteiger partial charge in [0, 0.05) is 5.92 Å². The summed E-state index contributed by atoms with van der Waals surface area (Å²) < 4.78 is 0. The molecule has 0 saturated heterocycles. The maximum absolute atomic E-state index is 11.8. The molecule has 0 aliphatic heterocycles. The molecule has 0 spiro atoms. The Labute approximate surface area is 168 Å². The van der Waals surface area contributed by atoms with Gasteiger partial charge in [0.1, 0.15) is 0 Å². The summed E-state index contributed by atoms with van der Waals surface area (Å²) in [5.41, 5.74) is 5.67. The summed E-state index contributed by atoms with van der Waals surface area (Å²) in [7, 11) is 0. The standard InChI is InChI=1S/C24H47NO2/c1-2-3-4-13-18-22(26)19-14-8-6-5-7-9-15-20-23(24(25)27)21-16-11-10-12-17-21/h21-23,26H,2-20H2,1H3,(H2,25,27). The highest BCUT2D eigenvalue weighted by molar-refractivity contribution is 5.76. The highest BCUT2D eigenvalue weighted by Crippen LogP contribution is 2.32. The van der Waals surface area contributed by atoms with Crippen molar-refractivity contribution in [1.29, 1.82) is 0 Å². The van der Waals surface area contributed by atoms with Crippen LogP contribution in [0.25, 0.3) is 0 Å². The fourth-order valence-electron chi connectivity index (χ4n) is 4.73. The van der Waals surface area contributed by atoms with E-state index in [1.54, 1.807) is 0 Å². The molecule has 3 N–H and O–H groups in total. The van der Waals surface area contributed by atoms with E-state index in [1.165, 1.54) is 96.3 Å². The SMILES string of the molecule is CCCCCCC(O)CCCCCCCCCC(C(N)=O)C1CCCCC1. The number of aliphatic hydroxyl groups is 1. The average Bonchev–Trinajstić information content (AvgIpc) is 2.67. The number of hydrogen-bond acceptors (Lipinski definition) is 2. The molecule has 1 fully saturated rings. The first-order valence-electron chi connectivity index (χ1n) is 12.1. The molecule has 1 aliphatic carbocycles. The number of unbranched alkanes of at least 4 members (excludes halogenated alkanes) is 9. The van der Waals surface area contributed by atoms with E-state index in [9.17, 15) is 9.90 Å². The lowest BCUT2D eigenvalue weighted by Crippen LogP contribution is -2.31. The van der Waals surface area contributed by atoms with E-state index in [-0.39, 0.29) is 17.9 Å². The van der Waals surface area contributed by atoms with Crippen LogP contribution in [0.2, 0.25) is 0 Å². The van der Waals surface area contributed by atoms with Crippen LogP contribution in [0.15, 0.2) is 0 Å². The normalized spacial score (nSPS) is 17.7. The van der Waals surface area contributed by atoms with Gasteiger partial charge in [-0.3, -0.25) is 4.79 Å². The Kier molecular flexibility index (Phi) is 14.9. The van der Waals surface area contributed by atoms with Crippen LogP contribution in [0.3, 0.4) is 0 Å². The molecule has 1 amide bonds. The molecule has 1 saturated carbocycles. The van der Waals surface area contributed by atoms with Gasteiger partial charge in [0.15, 0.2) is 0 Å². The predicted molar refractivity (Wildman–Crippen MR) is 116 cm³/mol. The number of rotatable bonds is 17. The lowest BCUT2D eigenvalue weighted by molar-refractivity contribution is -0.124. The molecule has 0 bridgehead atoms. The Morgan fingerprint density at radius 3 is 1.81 bits per heavy atom. The van der Waals surface area contributed by atoms with Gasteiger partial charge < -0.3 is 10.8 Å². The van der Waals surface area contributed by atoms with Crippen LogP contribution in [0.4, 0.5) is 0 Å². The van der Waals surface area contributed by atoms with Crippen molar-refractivity contribution in [2.45, 2.75) is 135 Å². The van der Waals surface area contributed by atoms with Gasteiger partial charge in [-0.2, -0.15) is 0 Å². The smallest absolute Gasteiger partial charge is 0.220 e. The fraction of sp³-hybridized carbons (Fsp3) is 0.958. The zero-order chi connectivity index (χ0) is 19.7. The second kappa shape index (κ2) is 16.4. The number of nitrogens with two attached hydrogens (primary N) is 1. The molecule has 0 aromatic heterocycles. The first kappa shape index (κ1) is 24.5. The van der Waals surface area contributed by atoms with Gasteiger partial charge in [-0.05, 0) is 38.0 Å². The number of primary amides is 1. The van der Waals surface area contributed by atoms with E-state index in [4.69, 9.17) is 5.73 Å². The van der Waals surface area contributed by atoms with Crippen molar-refractivity contribution in [2.75, 3.05) is 0 Å². The molecule has 3 nitrogen and oxygen atoms in total. The van der Waals surface area contributed by atoms with Crippen molar-refractivity contribution in [1.82, 2.24) is 0 Å². The lowest BCUT2D eigenvalue weighted by Gasteiger charge is -2.28. The van der Waals surface area contributed by atoms with Gasteiger partial charge >= 0.3 is 0 Å². The number of carbonyl (C=O) groups excluding carboxylic acids is 1. The van der Waals surface area contributed by atoms with Crippen LogP contribution in [-0.2, 0) is 4.79 Å². The molecule has 0 aromatic carbocycles. The number of aliphatic hydroxyl groups excluding tert-OH is 1. The minimum atomic E-state index is -0.0765. The van der Waals surface area contributed by atoms with Gasteiger partial charge in [-0.1, -0.05) is 96.8 Å². The van der Waals surface area contributed by atoms with Crippen molar-refractivity contribution in [3.05, 3.63) is 0 Å². The largest absolute Gasteiger partial charge is 0.393 e. The van der Waals surface area contributed by atoms with E-state index < -0.39 is 0 Å².